The molecule has 0 spiro atoms. The van der Waals surface area contributed by atoms with Gasteiger partial charge in [0.2, 0.25) is 0 Å². The van der Waals surface area contributed by atoms with E-state index in [9.17, 15) is 13.2 Å². The lowest BCUT2D eigenvalue weighted by Crippen LogP contribution is -2.07. The number of H-pyrrole nitrogens is 1. The zero-order valence-corrected chi connectivity index (χ0v) is 10.8. The van der Waals surface area contributed by atoms with Crippen LogP contribution in [0.2, 0.25) is 0 Å². The third-order valence-electron chi connectivity index (χ3n) is 2.43. The molecule has 1 N–H and O–H groups in total. The Labute approximate surface area is 112 Å². The molecule has 0 aliphatic rings. The van der Waals surface area contributed by atoms with Gasteiger partial charge in [-0.1, -0.05) is 12.2 Å². The Bertz CT molecular complexity index is 613. The second kappa shape index (κ2) is 5.08. The van der Waals surface area contributed by atoms with Crippen molar-refractivity contribution >= 4 is 12.2 Å². The summed E-state index contributed by atoms with van der Waals surface area (Å²) in [6.07, 6.45) is -4.44. The van der Waals surface area contributed by atoms with E-state index < -0.39 is 11.9 Å². The lowest BCUT2D eigenvalue weighted by atomic mass is 10.3. The number of aromatic amines is 1. The van der Waals surface area contributed by atoms with Crippen LogP contribution >= 0.6 is 12.2 Å². The summed E-state index contributed by atoms with van der Waals surface area (Å²) in [5.41, 5.74) is -0.352. The number of alkyl halides is 3. The minimum Gasteiger partial charge on any atom is -0.494 e. The predicted molar refractivity (Wildman–Crippen MR) is 67.1 cm³/mol. The quantitative estimate of drug-likeness (QED) is 0.867. The molecular weight excluding hydrogens is 277 g/mol. The van der Waals surface area contributed by atoms with E-state index in [1.165, 1.54) is 4.68 Å². The first-order chi connectivity index (χ1) is 8.91. The van der Waals surface area contributed by atoms with Crippen molar-refractivity contribution in [2.24, 2.45) is 0 Å². The fraction of sp³-hybridized carbons (Fsp3) is 0.250. The molecule has 0 radical (unpaired) electrons. The predicted octanol–water partition coefficient (Wildman–Crippen LogP) is 3.95. The molecule has 0 fully saturated rings. The Morgan fingerprint density at radius 3 is 2.37 bits per heavy atom. The van der Waals surface area contributed by atoms with Gasteiger partial charge in [0.15, 0.2) is 0 Å². The first-order valence-corrected chi connectivity index (χ1v) is 5.95. The highest BCUT2D eigenvalue weighted by atomic mass is 32.1. The van der Waals surface area contributed by atoms with Crippen LogP contribution in [0.4, 0.5) is 13.2 Å². The van der Waals surface area contributed by atoms with Crippen LogP contribution in [0.5, 0.6) is 5.75 Å². The molecule has 0 unspecified atom stereocenters. The molecule has 0 saturated heterocycles. The van der Waals surface area contributed by atoms with Gasteiger partial charge >= 0.3 is 6.18 Å². The molecule has 1 aromatic heterocycles. The smallest absolute Gasteiger partial charge is 0.432 e. The van der Waals surface area contributed by atoms with Gasteiger partial charge in [-0.15, -0.1) is 0 Å². The van der Waals surface area contributed by atoms with Crippen LogP contribution in [0.3, 0.4) is 0 Å². The third kappa shape index (κ3) is 2.98. The normalized spacial score (nSPS) is 11.6. The van der Waals surface area contributed by atoms with E-state index >= 15 is 0 Å². The van der Waals surface area contributed by atoms with E-state index in [1.54, 1.807) is 24.3 Å². The lowest BCUT2D eigenvalue weighted by molar-refractivity contribution is -0.141. The zero-order valence-electron chi connectivity index (χ0n) is 9.99. The van der Waals surface area contributed by atoms with Gasteiger partial charge in [-0.25, -0.2) is 4.68 Å². The number of nitrogens with zero attached hydrogens (tertiary/aromatic N) is 1. The van der Waals surface area contributed by atoms with Gasteiger partial charge in [-0.05, 0) is 31.2 Å². The maximum atomic E-state index is 12.6. The summed E-state index contributed by atoms with van der Waals surface area (Å²) >= 11 is 4.91. The number of aromatic nitrogens is 2. The maximum Gasteiger partial charge on any atom is 0.432 e. The number of ether oxygens (including phenoxy) is 1. The molecule has 1 heterocycles. The van der Waals surface area contributed by atoms with E-state index in [0.29, 0.717) is 18.0 Å². The van der Waals surface area contributed by atoms with Crippen LogP contribution in [-0.4, -0.2) is 16.4 Å². The molecule has 0 atom stereocenters. The van der Waals surface area contributed by atoms with E-state index in [-0.39, 0.29) is 4.64 Å². The van der Waals surface area contributed by atoms with Crippen LogP contribution in [-0.2, 0) is 6.18 Å². The van der Waals surface area contributed by atoms with Crippen LogP contribution in [0, 0.1) is 4.64 Å². The third-order valence-corrected chi connectivity index (χ3v) is 2.73. The van der Waals surface area contributed by atoms with E-state index in [1.807, 2.05) is 6.92 Å². The second-order valence-corrected chi connectivity index (χ2v) is 4.19. The minimum absolute atomic E-state index is 0.0662. The highest BCUT2D eigenvalue weighted by Gasteiger charge is 2.33. The molecule has 0 amide bonds. The summed E-state index contributed by atoms with van der Waals surface area (Å²) < 4.78 is 44.2. The molecule has 2 aromatic rings. The molecule has 19 heavy (non-hydrogen) atoms. The highest BCUT2D eigenvalue weighted by Crippen LogP contribution is 2.28. The van der Waals surface area contributed by atoms with Gasteiger partial charge in [0.25, 0.3) is 0 Å². The van der Waals surface area contributed by atoms with Crippen LogP contribution in [0.15, 0.2) is 30.3 Å². The Kier molecular flexibility index (Phi) is 3.66. The molecule has 0 aliphatic carbocycles. The number of benzene rings is 1. The first kappa shape index (κ1) is 13.7. The topological polar surface area (TPSA) is 29.9 Å². The molecule has 102 valence electrons. The SMILES string of the molecule is CCOc1ccc(-n2[nH]c(C(F)(F)F)cc2=S)cc1. The largest absolute Gasteiger partial charge is 0.494 e. The zero-order chi connectivity index (χ0) is 14.0. The Balaban J connectivity index is 2.37. The van der Waals surface area contributed by atoms with Crippen molar-refractivity contribution in [3.8, 4) is 11.4 Å². The molecule has 2 rings (SSSR count). The van der Waals surface area contributed by atoms with Gasteiger partial charge in [0, 0.05) is 6.07 Å². The summed E-state index contributed by atoms with van der Waals surface area (Å²) in [4.78, 5) is 0. The summed E-state index contributed by atoms with van der Waals surface area (Å²) in [5.74, 6) is 0.653. The fourth-order valence-electron chi connectivity index (χ4n) is 1.59. The molecule has 1 aromatic carbocycles. The Morgan fingerprint density at radius 1 is 1.26 bits per heavy atom. The van der Waals surface area contributed by atoms with E-state index in [4.69, 9.17) is 17.0 Å². The van der Waals surface area contributed by atoms with Crippen molar-refractivity contribution in [2.75, 3.05) is 6.61 Å². The summed E-state index contributed by atoms with van der Waals surface area (Å²) in [5, 5.41) is 2.24. The van der Waals surface area contributed by atoms with Crippen molar-refractivity contribution in [3.05, 3.63) is 40.7 Å². The van der Waals surface area contributed by atoms with Crippen molar-refractivity contribution in [1.82, 2.24) is 9.78 Å². The van der Waals surface area contributed by atoms with E-state index in [2.05, 4.69) is 5.10 Å². The second-order valence-electron chi connectivity index (χ2n) is 3.77. The molecule has 0 aliphatic heterocycles. The summed E-state index contributed by atoms with van der Waals surface area (Å²) in [6.45, 7) is 2.38. The summed E-state index contributed by atoms with van der Waals surface area (Å²) in [7, 11) is 0. The van der Waals surface area contributed by atoms with Crippen molar-refractivity contribution in [1.29, 1.82) is 0 Å². The lowest BCUT2D eigenvalue weighted by Gasteiger charge is -2.07. The monoisotopic (exact) mass is 288 g/mol. The number of hydrogen-bond acceptors (Lipinski definition) is 2. The number of hydrogen-bond donors (Lipinski definition) is 1. The number of rotatable bonds is 3. The Morgan fingerprint density at radius 2 is 1.89 bits per heavy atom. The standard InChI is InChI=1S/C12H11F3N2OS/c1-2-18-9-5-3-8(4-6-9)17-11(19)7-10(16-17)12(13,14)15/h3-7,16H,2H2,1H3. The van der Waals surface area contributed by atoms with Crippen molar-refractivity contribution < 1.29 is 17.9 Å². The average molecular weight is 288 g/mol. The van der Waals surface area contributed by atoms with Gasteiger partial charge in [0.05, 0.1) is 12.3 Å². The van der Waals surface area contributed by atoms with Crippen LogP contribution in [0.25, 0.3) is 5.69 Å². The molecule has 7 heteroatoms. The molecular formula is C12H11F3N2OS. The fourth-order valence-corrected chi connectivity index (χ4v) is 1.86. The maximum absolute atomic E-state index is 12.6. The van der Waals surface area contributed by atoms with Gasteiger partial charge in [-0.3, -0.25) is 5.10 Å². The van der Waals surface area contributed by atoms with Gasteiger partial charge in [-0.2, -0.15) is 13.2 Å². The average Bonchev–Trinajstić information content (AvgIpc) is 2.73. The van der Waals surface area contributed by atoms with Crippen LogP contribution in [0.1, 0.15) is 12.6 Å². The minimum atomic E-state index is -4.44. The summed E-state index contributed by atoms with van der Waals surface area (Å²) in [6, 6.07) is 7.52. The number of halogens is 3. The Hall–Kier alpha value is -1.76. The molecule has 3 nitrogen and oxygen atoms in total. The first-order valence-electron chi connectivity index (χ1n) is 5.54. The molecule has 0 bridgehead atoms. The van der Waals surface area contributed by atoms with Crippen LogP contribution < -0.4 is 4.74 Å². The van der Waals surface area contributed by atoms with Gasteiger partial charge in [0.1, 0.15) is 16.1 Å². The highest BCUT2D eigenvalue weighted by molar-refractivity contribution is 7.71. The van der Waals surface area contributed by atoms with Crippen molar-refractivity contribution in [3.63, 3.8) is 0 Å². The van der Waals surface area contributed by atoms with E-state index in [0.717, 1.165) is 6.07 Å². The van der Waals surface area contributed by atoms with Gasteiger partial charge < -0.3 is 4.74 Å². The van der Waals surface area contributed by atoms with Crippen molar-refractivity contribution in [2.45, 2.75) is 13.1 Å². The molecule has 0 saturated carbocycles. The number of nitrogens with one attached hydrogen (secondary N) is 1.